The Balaban J connectivity index is 1.92. The average molecular weight is 299 g/mol. The number of hydrogen-bond donors (Lipinski definition) is 2. The molecule has 0 saturated heterocycles. The lowest BCUT2D eigenvalue weighted by atomic mass is 10.2. The third kappa shape index (κ3) is 5.40. The second-order valence-corrected chi connectivity index (χ2v) is 5.76. The smallest absolute Gasteiger partial charge is 0.213 e. The zero-order valence-corrected chi connectivity index (χ0v) is 13.1. The van der Waals surface area contributed by atoms with Gasteiger partial charge in [-0.25, -0.2) is 15.0 Å². The number of guanidine groups is 1. The summed E-state index contributed by atoms with van der Waals surface area (Å²) in [6, 6.07) is 9.29. The van der Waals surface area contributed by atoms with Gasteiger partial charge in [0.05, 0.1) is 6.54 Å². The maximum atomic E-state index is 5.82. The van der Waals surface area contributed by atoms with E-state index in [2.05, 4.69) is 20.3 Å². The zero-order valence-electron chi connectivity index (χ0n) is 13.1. The normalized spacial score (nSPS) is 12.0. The van der Waals surface area contributed by atoms with Crippen LogP contribution in [0.4, 0.5) is 5.82 Å². The minimum absolute atomic E-state index is 0.260. The number of anilines is 1. The van der Waals surface area contributed by atoms with Crippen molar-refractivity contribution in [2.24, 2.45) is 10.7 Å². The van der Waals surface area contributed by atoms with Gasteiger partial charge in [-0.15, -0.1) is 0 Å². The lowest BCUT2D eigenvalue weighted by Gasteiger charge is -2.20. The summed E-state index contributed by atoms with van der Waals surface area (Å²) in [5, 5.41) is 2.93. The highest BCUT2D eigenvalue weighted by atomic mass is 16.5. The van der Waals surface area contributed by atoms with Gasteiger partial charge in [-0.3, -0.25) is 0 Å². The van der Waals surface area contributed by atoms with Crippen molar-refractivity contribution >= 4 is 11.8 Å². The highest BCUT2D eigenvalue weighted by Crippen LogP contribution is 2.15. The highest BCUT2D eigenvalue weighted by Gasteiger charge is 2.12. The Labute approximate surface area is 130 Å². The molecular formula is C16H21N5O. The summed E-state index contributed by atoms with van der Waals surface area (Å²) in [6.45, 7) is 6.39. The molecule has 0 saturated carbocycles. The van der Waals surface area contributed by atoms with Crippen LogP contribution in [0.5, 0.6) is 5.88 Å². The van der Waals surface area contributed by atoms with Crippen LogP contribution < -0.4 is 15.8 Å². The highest BCUT2D eigenvalue weighted by molar-refractivity contribution is 5.91. The molecule has 0 bridgehead atoms. The van der Waals surface area contributed by atoms with E-state index in [0.717, 1.165) is 5.56 Å². The maximum absolute atomic E-state index is 5.82. The van der Waals surface area contributed by atoms with Crippen molar-refractivity contribution in [2.75, 3.05) is 5.32 Å². The van der Waals surface area contributed by atoms with E-state index in [0.29, 0.717) is 24.2 Å². The Morgan fingerprint density at radius 1 is 1.23 bits per heavy atom. The van der Waals surface area contributed by atoms with Crippen molar-refractivity contribution in [1.82, 2.24) is 9.97 Å². The predicted molar refractivity (Wildman–Crippen MR) is 87.8 cm³/mol. The van der Waals surface area contributed by atoms with Gasteiger partial charge in [-0.1, -0.05) is 12.1 Å². The molecule has 0 aliphatic carbocycles. The first-order valence-electron chi connectivity index (χ1n) is 7.04. The summed E-state index contributed by atoms with van der Waals surface area (Å²) in [5.41, 5.74) is 6.51. The van der Waals surface area contributed by atoms with Crippen LogP contribution in [-0.2, 0) is 6.54 Å². The number of nitrogens with two attached hydrogens (primary N) is 1. The van der Waals surface area contributed by atoms with Crippen LogP contribution in [0.3, 0.4) is 0 Å². The van der Waals surface area contributed by atoms with Gasteiger partial charge >= 0.3 is 0 Å². The van der Waals surface area contributed by atoms with Crippen LogP contribution >= 0.6 is 0 Å². The monoisotopic (exact) mass is 299 g/mol. The van der Waals surface area contributed by atoms with E-state index in [1.807, 2.05) is 51.1 Å². The summed E-state index contributed by atoms with van der Waals surface area (Å²) >= 11 is 0. The Kier molecular flexibility index (Phi) is 4.93. The predicted octanol–water partition coefficient (Wildman–Crippen LogP) is 2.58. The van der Waals surface area contributed by atoms with Crippen LogP contribution in [0.25, 0.3) is 0 Å². The molecule has 6 nitrogen and oxygen atoms in total. The molecule has 0 aliphatic rings. The number of hydrogen-bond acceptors (Lipinski definition) is 4. The lowest BCUT2D eigenvalue weighted by Crippen LogP contribution is -2.23. The number of rotatable bonds is 4. The van der Waals surface area contributed by atoms with E-state index >= 15 is 0 Å². The number of pyridine rings is 2. The fourth-order valence-corrected chi connectivity index (χ4v) is 1.66. The first-order valence-corrected chi connectivity index (χ1v) is 7.04. The van der Waals surface area contributed by atoms with Crippen molar-refractivity contribution in [1.29, 1.82) is 0 Å². The molecule has 116 valence electrons. The molecule has 2 aromatic heterocycles. The number of aromatic nitrogens is 2. The SMILES string of the molecule is CC(C)(C)Oc1ccc(CN=C(N)Nc2ccccn2)cn1. The van der Waals surface area contributed by atoms with Gasteiger partial charge in [0, 0.05) is 18.5 Å². The number of nitrogens with one attached hydrogen (secondary N) is 1. The molecule has 0 unspecified atom stereocenters. The van der Waals surface area contributed by atoms with Crippen LogP contribution in [0.1, 0.15) is 26.3 Å². The van der Waals surface area contributed by atoms with E-state index in [1.54, 1.807) is 12.4 Å². The molecule has 0 aromatic carbocycles. The van der Waals surface area contributed by atoms with Crippen molar-refractivity contribution < 1.29 is 4.74 Å². The van der Waals surface area contributed by atoms with Crippen LogP contribution in [0, 0.1) is 0 Å². The van der Waals surface area contributed by atoms with Gasteiger partial charge in [0.25, 0.3) is 0 Å². The van der Waals surface area contributed by atoms with Crippen molar-refractivity contribution in [3.05, 3.63) is 48.3 Å². The fourth-order valence-electron chi connectivity index (χ4n) is 1.66. The second-order valence-electron chi connectivity index (χ2n) is 5.76. The van der Waals surface area contributed by atoms with Crippen molar-refractivity contribution in [3.8, 4) is 5.88 Å². The molecule has 2 heterocycles. The zero-order chi connectivity index (χ0) is 16.0. The van der Waals surface area contributed by atoms with E-state index in [1.165, 1.54) is 0 Å². The molecule has 6 heteroatoms. The van der Waals surface area contributed by atoms with Crippen LogP contribution in [0.15, 0.2) is 47.7 Å². The Hall–Kier alpha value is -2.63. The minimum atomic E-state index is -0.260. The molecule has 0 amide bonds. The van der Waals surface area contributed by atoms with Gasteiger partial charge in [0.2, 0.25) is 5.88 Å². The third-order valence-corrected chi connectivity index (χ3v) is 2.56. The number of aliphatic imine (C=N–C) groups is 1. The van der Waals surface area contributed by atoms with E-state index in [4.69, 9.17) is 10.5 Å². The maximum Gasteiger partial charge on any atom is 0.213 e. The lowest BCUT2D eigenvalue weighted by molar-refractivity contribution is 0.124. The van der Waals surface area contributed by atoms with E-state index in [-0.39, 0.29) is 5.60 Å². The first-order chi connectivity index (χ1) is 10.4. The largest absolute Gasteiger partial charge is 0.472 e. The Morgan fingerprint density at radius 3 is 2.64 bits per heavy atom. The molecule has 0 fully saturated rings. The Morgan fingerprint density at radius 2 is 2.05 bits per heavy atom. The molecule has 2 rings (SSSR count). The summed E-state index contributed by atoms with van der Waals surface area (Å²) in [6.07, 6.45) is 3.42. The van der Waals surface area contributed by atoms with Crippen molar-refractivity contribution in [2.45, 2.75) is 32.9 Å². The second kappa shape index (κ2) is 6.89. The topological polar surface area (TPSA) is 85.4 Å². The molecular weight excluding hydrogens is 278 g/mol. The molecule has 2 aromatic rings. The van der Waals surface area contributed by atoms with Gasteiger partial charge in [0.1, 0.15) is 11.4 Å². The number of ether oxygens (including phenoxy) is 1. The van der Waals surface area contributed by atoms with Gasteiger partial charge < -0.3 is 15.8 Å². The fraction of sp³-hybridized carbons (Fsp3) is 0.312. The summed E-state index contributed by atoms with van der Waals surface area (Å²) in [7, 11) is 0. The van der Waals surface area contributed by atoms with Gasteiger partial charge in [0.15, 0.2) is 5.96 Å². The summed E-state index contributed by atoms with van der Waals surface area (Å²) in [4.78, 5) is 12.6. The van der Waals surface area contributed by atoms with E-state index < -0.39 is 0 Å². The standard InChI is InChI=1S/C16H21N5O/c1-16(2,3)22-14-8-7-12(10-19-14)11-20-15(17)21-13-6-4-5-9-18-13/h4-10H,11H2,1-3H3,(H3,17,18,20,21). The summed E-state index contributed by atoms with van der Waals surface area (Å²) < 4.78 is 5.67. The molecule has 0 spiro atoms. The van der Waals surface area contributed by atoms with Gasteiger partial charge in [-0.05, 0) is 38.5 Å². The molecule has 22 heavy (non-hydrogen) atoms. The molecule has 3 N–H and O–H groups in total. The minimum Gasteiger partial charge on any atom is -0.472 e. The third-order valence-electron chi connectivity index (χ3n) is 2.56. The summed E-state index contributed by atoms with van der Waals surface area (Å²) in [5.74, 6) is 1.57. The first kappa shape index (κ1) is 15.8. The van der Waals surface area contributed by atoms with Gasteiger partial charge in [-0.2, -0.15) is 0 Å². The molecule has 0 atom stereocenters. The number of nitrogens with zero attached hydrogens (tertiary/aromatic N) is 3. The van der Waals surface area contributed by atoms with Crippen LogP contribution in [-0.4, -0.2) is 21.5 Å². The molecule has 0 radical (unpaired) electrons. The quantitative estimate of drug-likeness (QED) is 0.669. The van der Waals surface area contributed by atoms with Crippen LogP contribution in [0.2, 0.25) is 0 Å². The van der Waals surface area contributed by atoms with E-state index in [9.17, 15) is 0 Å². The average Bonchev–Trinajstić information content (AvgIpc) is 2.46. The Bertz CT molecular complexity index is 617. The molecule has 0 aliphatic heterocycles. The van der Waals surface area contributed by atoms with Crippen molar-refractivity contribution in [3.63, 3.8) is 0 Å².